The molecule has 0 atom stereocenters. The lowest BCUT2D eigenvalue weighted by molar-refractivity contribution is 0.284. The Morgan fingerprint density at radius 3 is 2.32 bits per heavy atom. The van der Waals surface area contributed by atoms with Crippen LogP contribution in [0.25, 0.3) is 0 Å². The molecule has 0 saturated carbocycles. The summed E-state index contributed by atoms with van der Waals surface area (Å²) in [5.41, 5.74) is 3.44. The molecule has 2 aromatic rings. The smallest absolute Gasteiger partial charge is 0.243 e. The zero-order valence-corrected chi connectivity index (χ0v) is 19.8. The predicted molar refractivity (Wildman–Crippen MR) is 128 cm³/mol. The number of anilines is 1. The lowest BCUT2D eigenvalue weighted by Gasteiger charge is -2.36. The minimum atomic E-state index is -3.69. The first-order valence-electron chi connectivity index (χ1n) is 10.5. The third kappa shape index (κ3) is 5.10. The van der Waals surface area contributed by atoms with Crippen LogP contribution in [0.15, 0.2) is 53.9 Å². The number of hydrogen-bond donors (Lipinski definition) is 0. The minimum absolute atomic E-state index is 0.142. The van der Waals surface area contributed by atoms with E-state index in [-0.39, 0.29) is 4.90 Å². The molecule has 4 rings (SSSR count). The van der Waals surface area contributed by atoms with Crippen molar-refractivity contribution >= 4 is 38.9 Å². The topological polar surface area (TPSA) is 43.9 Å². The number of nitrogens with zero attached hydrogens (tertiary/aromatic N) is 3. The van der Waals surface area contributed by atoms with Gasteiger partial charge >= 0.3 is 0 Å². The van der Waals surface area contributed by atoms with Crippen molar-refractivity contribution in [3.63, 3.8) is 0 Å². The fraction of sp³-hybridized carbons (Fsp3) is 0.391. The summed E-state index contributed by atoms with van der Waals surface area (Å²) in [7, 11) is -3.69. The van der Waals surface area contributed by atoms with Crippen LogP contribution >= 0.6 is 23.2 Å². The highest BCUT2D eigenvalue weighted by Gasteiger charge is 2.28. The van der Waals surface area contributed by atoms with E-state index >= 15 is 0 Å². The maximum Gasteiger partial charge on any atom is 0.243 e. The lowest BCUT2D eigenvalue weighted by atomic mass is 10.0. The molecular formula is C23H27Cl2N3O2S. The first-order chi connectivity index (χ1) is 14.9. The van der Waals surface area contributed by atoms with E-state index in [1.807, 2.05) is 6.08 Å². The number of rotatable bonds is 5. The molecule has 2 aliphatic rings. The standard InChI is InChI=1S/C23H27Cl2N3O2S/c1-2-7-26-9-11-27(12-10-26)22-6-5-18-4-3-8-28(17-19(18)13-22)31(29,30)23-15-20(24)14-21(25)16-23/h2,5-6,13-16H,1,3-4,7-12,17H2. The summed E-state index contributed by atoms with van der Waals surface area (Å²) in [6, 6.07) is 11.0. The van der Waals surface area contributed by atoms with E-state index < -0.39 is 10.0 Å². The van der Waals surface area contributed by atoms with E-state index in [0.717, 1.165) is 56.8 Å². The van der Waals surface area contributed by atoms with Gasteiger partial charge in [-0.2, -0.15) is 4.31 Å². The fourth-order valence-electron chi connectivity index (χ4n) is 4.32. The van der Waals surface area contributed by atoms with Gasteiger partial charge in [-0.25, -0.2) is 8.42 Å². The quantitative estimate of drug-likeness (QED) is 0.594. The summed E-state index contributed by atoms with van der Waals surface area (Å²) >= 11 is 12.1. The van der Waals surface area contributed by atoms with Gasteiger partial charge in [-0.05, 0) is 54.3 Å². The van der Waals surface area contributed by atoms with Crippen molar-refractivity contribution in [1.82, 2.24) is 9.21 Å². The van der Waals surface area contributed by atoms with E-state index in [9.17, 15) is 8.42 Å². The molecular weight excluding hydrogens is 453 g/mol. The SMILES string of the molecule is C=CCN1CCN(c2ccc3c(c2)CN(S(=O)(=O)c2cc(Cl)cc(Cl)c2)CCC3)CC1. The maximum atomic E-state index is 13.3. The second-order valence-electron chi connectivity index (χ2n) is 8.08. The lowest BCUT2D eigenvalue weighted by Crippen LogP contribution is -2.46. The molecule has 2 aliphatic heterocycles. The van der Waals surface area contributed by atoms with Crippen molar-refractivity contribution in [3.8, 4) is 0 Å². The zero-order valence-electron chi connectivity index (χ0n) is 17.4. The van der Waals surface area contributed by atoms with E-state index in [1.54, 1.807) is 10.4 Å². The Labute approximate surface area is 194 Å². The first kappa shape index (κ1) is 22.6. The molecule has 0 radical (unpaired) electrons. The van der Waals surface area contributed by atoms with Crippen molar-refractivity contribution < 1.29 is 8.42 Å². The highest BCUT2D eigenvalue weighted by atomic mass is 35.5. The van der Waals surface area contributed by atoms with Crippen LogP contribution in [0, 0.1) is 0 Å². The molecule has 1 fully saturated rings. The Morgan fingerprint density at radius 2 is 1.65 bits per heavy atom. The second kappa shape index (κ2) is 9.51. The molecule has 8 heteroatoms. The van der Waals surface area contributed by atoms with Crippen molar-refractivity contribution in [3.05, 3.63) is 70.2 Å². The number of benzene rings is 2. The second-order valence-corrected chi connectivity index (χ2v) is 10.9. The van der Waals surface area contributed by atoms with E-state index in [0.29, 0.717) is 23.1 Å². The Balaban J connectivity index is 1.57. The predicted octanol–water partition coefficient (Wildman–Crippen LogP) is 4.44. The van der Waals surface area contributed by atoms with Crippen LogP contribution in [-0.2, 0) is 23.0 Å². The van der Waals surface area contributed by atoms with Crippen LogP contribution in [0.5, 0.6) is 0 Å². The molecule has 2 heterocycles. The number of aryl methyl sites for hydroxylation is 1. The van der Waals surface area contributed by atoms with Crippen molar-refractivity contribution in [2.24, 2.45) is 0 Å². The van der Waals surface area contributed by atoms with Gasteiger partial charge in [0.25, 0.3) is 0 Å². The summed E-state index contributed by atoms with van der Waals surface area (Å²) < 4.78 is 28.2. The van der Waals surface area contributed by atoms with Crippen LogP contribution in [-0.4, -0.2) is 56.9 Å². The van der Waals surface area contributed by atoms with Crippen LogP contribution < -0.4 is 4.90 Å². The first-order valence-corrected chi connectivity index (χ1v) is 12.7. The van der Waals surface area contributed by atoms with Crippen molar-refractivity contribution in [2.45, 2.75) is 24.3 Å². The van der Waals surface area contributed by atoms with Gasteiger partial charge in [-0.3, -0.25) is 4.90 Å². The summed E-state index contributed by atoms with van der Waals surface area (Å²) in [5, 5.41) is 0.637. The molecule has 31 heavy (non-hydrogen) atoms. The molecule has 0 amide bonds. The van der Waals surface area contributed by atoms with Gasteiger partial charge < -0.3 is 4.90 Å². The van der Waals surface area contributed by atoms with Crippen LogP contribution in [0.2, 0.25) is 10.0 Å². The minimum Gasteiger partial charge on any atom is -0.369 e. The van der Waals surface area contributed by atoms with Crippen LogP contribution in [0.1, 0.15) is 17.5 Å². The molecule has 0 bridgehead atoms. The molecule has 5 nitrogen and oxygen atoms in total. The Hall–Kier alpha value is -1.57. The van der Waals surface area contributed by atoms with Gasteiger partial charge in [0, 0.05) is 61.5 Å². The van der Waals surface area contributed by atoms with Crippen molar-refractivity contribution in [1.29, 1.82) is 0 Å². The van der Waals surface area contributed by atoms with Gasteiger partial charge in [-0.15, -0.1) is 6.58 Å². The summed E-state index contributed by atoms with van der Waals surface area (Å²) in [5.74, 6) is 0. The Morgan fingerprint density at radius 1 is 0.935 bits per heavy atom. The molecule has 0 unspecified atom stereocenters. The summed E-state index contributed by atoms with van der Waals surface area (Å²) in [6.07, 6.45) is 3.59. The van der Waals surface area contributed by atoms with Gasteiger partial charge in [0.2, 0.25) is 10.0 Å². The van der Waals surface area contributed by atoms with Gasteiger partial charge in [0.1, 0.15) is 0 Å². The van der Waals surface area contributed by atoms with Crippen LogP contribution in [0.3, 0.4) is 0 Å². The van der Waals surface area contributed by atoms with Crippen LogP contribution in [0.4, 0.5) is 5.69 Å². The maximum absolute atomic E-state index is 13.3. The van der Waals surface area contributed by atoms with Crippen molar-refractivity contribution in [2.75, 3.05) is 44.2 Å². The van der Waals surface area contributed by atoms with E-state index in [2.05, 4.69) is 34.6 Å². The number of piperazine rings is 1. The largest absolute Gasteiger partial charge is 0.369 e. The average Bonchev–Trinajstić information content (AvgIpc) is 2.96. The molecule has 0 aliphatic carbocycles. The highest BCUT2D eigenvalue weighted by Crippen LogP contribution is 2.30. The Kier molecular flexibility index (Phi) is 6.94. The number of halogens is 2. The highest BCUT2D eigenvalue weighted by molar-refractivity contribution is 7.89. The average molecular weight is 480 g/mol. The third-order valence-corrected chi connectivity index (χ3v) is 8.25. The van der Waals surface area contributed by atoms with Gasteiger partial charge in [0.15, 0.2) is 0 Å². The molecule has 0 aromatic heterocycles. The van der Waals surface area contributed by atoms with Gasteiger partial charge in [0.05, 0.1) is 4.90 Å². The molecule has 0 N–H and O–H groups in total. The zero-order chi connectivity index (χ0) is 22.0. The third-order valence-electron chi connectivity index (χ3n) is 5.99. The normalized spacial score (nSPS) is 18.5. The number of hydrogen-bond acceptors (Lipinski definition) is 4. The summed E-state index contributed by atoms with van der Waals surface area (Å²) in [6.45, 7) is 9.47. The molecule has 0 spiro atoms. The van der Waals surface area contributed by atoms with E-state index in [1.165, 1.54) is 17.7 Å². The molecule has 2 aromatic carbocycles. The monoisotopic (exact) mass is 479 g/mol. The molecule has 166 valence electrons. The van der Waals surface area contributed by atoms with E-state index in [4.69, 9.17) is 23.2 Å². The number of sulfonamides is 1. The number of fused-ring (bicyclic) bond motifs is 1. The Bertz CT molecular complexity index is 1050. The fourth-order valence-corrected chi connectivity index (χ4v) is 6.50. The molecule has 1 saturated heterocycles. The summed E-state index contributed by atoms with van der Waals surface area (Å²) in [4.78, 5) is 4.90. The van der Waals surface area contributed by atoms with Gasteiger partial charge in [-0.1, -0.05) is 35.3 Å².